The van der Waals surface area contributed by atoms with Crippen molar-refractivity contribution in [2.24, 2.45) is 23.7 Å². The van der Waals surface area contributed by atoms with Crippen LogP contribution in [0.25, 0.3) is 21.6 Å². The van der Waals surface area contributed by atoms with E-state index in [4.69, 9.17) is 14.7 Å². The number of methoxy groups -OCH3 is 1. The van der Waals surface area contributed by atoms with Crippen LogP contribution in [-0.2, 0) is 37.2 Å². The number of thiazole rings is 1. The first-order valence-corrected chi connectivity index (χ1v) is 21.5. The van der Waals surface area contributed by atoms with Crippen LogP contribution in [0.5, 0.6) is 5.75 Å². The number of rotatable bonds is 9. The number of hydrogen-bond donors (Lipinski definition) is 2. The number of hydrogen-bond acceptors (Lipinski definition) is 9. The highest BCUT2D eigenvalue weighted by atomic mass is 32.2. The zero-order valence-electron chi connectivity index (χ0n) is 31.3. The zero-order valence-corrected chi connectivity index (χ0v) is 32.9. The molecule has 0 saturated heterocycles. The summed E-state index contributed by atoms with van der Waals surface area (Å²) in [6.45, 7) is 6.94. The molecule has 3 heterocycles. The van der Waals surface area contributed by atoms with E-state index < -0.39 is 38.6 Å². The van der Waals surface area contributed by atoms with Crippen molar-refractivity contribution in [1.82, 2.24) is 24.9 Å². The second kappa shape index (κ2) is 14.8. The van der Waals surface area contributed by atoms with Crippen molar-refractivity contribution in [2.45, 2.75) is 102 Å². The van der Waals surface area contributed by atoms with Gasteiger partial charge in [0, 0.05) is 47.7 Å². The predicted octanol–water partition coefficient (Wildman–Crippen LogP) is 5.92. The van der Waals surface area contributed by atoms with Crippen LogP contribution in [0.2, 0.25) is 0 Å². The van der Waals surface area contributed by atoms with E-state index in [0.29, 0.717) is 45.1 Å². The number of nitrogens with one attached hydrogen (secondary N) is 2. The highest BCUT2D eigenvalue weighted by Crippen LogP contribution is 2.48. The minimum absolute atomic E-state index is 0.00755. The van der Waals surface area contributed by atoms with Crippen molar-refractivity contribution >= 4 is 50.0 Å². The summed E-state index contributed by atoms with van der Waals surface area (Å²) < 4.78 is 33.7. The maximum absolute atomic E-state index is 14.4. The van der Waals surface area contributed by atoms with Crippen LogP contribution in [0.1, 0.15) is 94.9 Å². The van der Waals surface area contributed by atoms with Crippen LogP contribution in [0.15, 0.2) is 35.7 Å². The summed E-state index contributed by atoms with van der Waals surface area (Å²) in [5.74, 6) is -1.61. The first-order valence-electron chi connectivity index (χ1n) is 19.1. The lowest BCUT2D eigenvalue weighted by molar-refractivity contribution is -0.140. The van der Waals surface area contributed by atoms with Crippen molar-refractivity contribution in [3.63, 3.8) is 0 Å². The molecule has 1 aromatic carbocycles. The van der Waals surface area contributed by atoms with Gasteiger partial charge in [-0.05, 0) is 99.8 Å². The van der Waals surface area contributed by atoms with Crippen LogP contribution in [-0.4, -0.2) is 72.5 Å². The lowest BCUT2D eigenvalue weighted by Crippen LogP contribution is -2.54. The summed E-state index contributed by atoms with van der Waals surface area (Å²) in [4.78, 5) is 54.0. The third-order valence-corrected chi connectivity index (χ3v) is 14.4. The number of aryl methyl sites for hydroxylation is 1. The van der Waals surface area contributed by atoms with E-state index >= 15 is 0 Å². The summed E-state index contributed by atoms with van der Waals surface area (Å²) in [5, 5.41) is 6.40. The van der Waals surface area contributed by atoms with Crippen LogP contribution in [0.3, 0.4) is 0 Å². The van der Waals surface area contributed by atoms with Gasteiger partial charge in [0.25, 0.3) is 5.91 Å². The Labute approximate surface area is 316 Å². The summed E-state index contributed by atoms with van der Waals surface area (Å²) in [6.07, 6.45) is 10.1. The Kier molecular flexibility index (Phi) is 10.4. The normalized spacial score (nSPS) is 27.2. The largest absolute Gasteiger partial charge is 0.496 e. The van der Waals surface area contributed by atoms with Crippen LogP contribution in [0.4, 0.5) is 0 Å². The van der Waals surface area contributed by atoms with Gasteiger partial charge in [-0.25, -0.2) is 18.4 Å². The third kappa shape index (κ3) is 7.48. The summed E-state index contributed by atoms with van der Waals surface area (Å²) in [5.41, 5.74) is 3.42. The van der Waals surface area contributed by atoms with Gasteiger partial charge in [-0.15, -0.1) is 11.3 Å². The number of allylic oxidation sites excluding steroid dienone is 1. The maximum Gasteiger partial charge on any atom is 0.259 e. The number of pyridine rings is 1. The molecule has 0 spiro atoms. The van der Waals surface area contributed by atoms with E-state index in [2.05, 4.69) is 48.3 Å². The molecule has 3 aromatic rings. The predicted molar refractivity (Wildman–Crippen MR) is 206 cm³/mol. The first-order chi connectivity index (χ1) is 25.3. The van der Waals surface area contributed by atoms with Gasteiger partial charge in [-0.3, -0.25) is 19.1 Å². The van der Waals surface area contributed by atoms with Gasteiger partial charge >= 0.3 is 0 Å². The Morgan fingerprint density at radius 1 is 1.15 bits per heavy atom. The molecule has 0 bridgehead atoms. The van der Waals surface area contributed by atoms with E-state index in [-0.39, 0.29) is 29.6 Å². The van der Waals surface area contributed by atoms with E-state index in [0.717, 1.165) is 69.9 Å². The average molecular weight is 762 g/mol. The first kappa shape index (κ1) is 37.5. The number of benzene rings is 1. The molecular weight excluding hydrogens is 711 g/mol. The lowest BCUT2D eigenvalue weighted by atomic mass is 9.92. The second-order valence-electron chi connectivity index (χ2n) is 15.8. The number of nitrogens with zero attached hydrogens (tertiary/aromatic N) is 3. The average Bonchev–Trinajstić information content (AvgIpc) is 4.01. The Morgan fingerprint density at radius 3 is 2.62 bits per heavy atom. The molecule has 5 atom stereocenters. The molecule has 4 aliphatic rings. The van der Waals surface area contributed by atoms with Crippen molar-refractivity contribution in [3.05, 3.63) is 52.6 Å². The Balaban J connectivity index is 1.22. The molecule has 284 valence electrons. The van der Waals surface area contributed by atoms with Gasteiger partial charge < -0.3 is 15.0 Å². The van der Waals surface area contributed by atoms with E-state index in [1.807, 2.05) is 25.3 Å². The number of carbonyl (C=O) groups excluding carboxylic acids is 3. The van der Waals surface area contributed by atoms with Gasteiger partial charge in [0.15, 0.2) is 0 Å². The molecule has 0 radical (unpaired) electrons. The summed E-state index contributed by atoms with van der Waals surface area (Å²) >= 11 is 1.58. The Hall–Kier alpha value is -3.84. The molecule has 2 N–H and O–H groups in total. The van der Waals surface area contributed by atoms with E-state index in [1.54, 1.807) is 23.3 Å². The number of sulfonamides is 1. The third-order valence-electron chi connectivity index (χ3n) is 11.7. The van der Waals surface area contributed by atoms with Gasteiger partial charge in [-0.1, -0.05) is 32.9 Å². The molecule has 53 heavy (non-hydrogen) atoms. The zero-order chi connectivity index (χ0) is 37.7. The smallest absolute Gasteiger partial charge is 0.259 e. The van der Waals surface area contributed by atoms with Crippen LogP contribution in [0, 0.1) is 23.7 Å². The standard InChI is InChI=1S/C40H51N5O6S2/c1-6-28-34(51-5)15-14-29-25(20-32(41-35(28)29)37-42-33(22-52-37)23(2)3)17-24-18-30-31(19-24)38(47)45(4)16-10-8-7-9-11-26-21-40(26,43-36(30)46)39(48)44-53(49,50)27-12-13-27/h9,11,14-15,20,22-24,26-27,30-31H,6-8,10,12-13,16-19,21H2,1-5H3,(H,43,46)(H,44,48)/b11-9-/t24-,26-,30-,31-,40-/m1/s1. The SMILES string of the molecule is CCc1c(OC)ccc2c(C[C@@H]3C[C@H]4C(=O)N[C@]5(C(=O)NS(=O)(=O)C6CC6)C[C@H]5/C=C\CCCCN(C)C(=O)[C@@H]4C3)cc(-c3nc(C(C)C)cs3)nc12. The van der Waals surface area contributed by atoms with Gasteiger partial charge in [0.2, 0.25) is 21.8 Å². The fourth-order valence-electron chi connectivity index (χ4n) is 8.31. The second-order valence-corrected chi connectivity index (χ2v) is 18.6. The summed E-state index contributed by atoms with van der Waals surface area (Å²) in [6, 6.07) is 6.15. The Morgan fingerprint density at radius 2 is 1.92 bits per heavy atom. The number of carbonyl (C=O) groups is 3. The molecule has 3 amide bonds. The number of aromatic nitrogens is 2. The van der Waals surface area contributed by atoms with Crippen molar-refractivity contribution in [3.8, 4) is 16.5 Å². The fourth-order valence-corrected chi connectivity index (χ4v) is 10.6. The minimum Gasteiger partial charge on any atom is -0.496 e. The fraction of sp³-hybridized carbons (Fsp3) is 0.575. The molecule has 11 nitrogen and oxygen atoms in total. The topological polar surface area (TPSA) is 148 Å². The van der Waals surface area contributed by atoms with E-state index in [1.165, 1.54) is 0 Å². The molecule has 0 unspecified atom stereocenters. The molecular formula is C40H51N5O6S2. The highest BCUT2D eigenvalue weighted by molar-refractivity contribution is 7.91. The summed E-state index contributed by atoms with van der Waals surface area (Å²) in [7, 11) is -0.331. The Bertz CT molecular complexity index is 2060. The monoisotopic (exact) mass is 761 g/mol. The number of ether oxygens (including phenoxy) is 1. The van der Waals surface area contributed by atoms with E-state index in [9.17, 15) is 22.8 Å². The van der Waals surface area contributed by atoms with Crippen LogP contribution < -0.4 is 14.8 Å². The van der Waals surface area contributed by atoms with Gasteiger partial charge in [0.1, 0.15) is 16.3 Å². The van der Waals surface area contributed by atoms with Crippen LogP contribution >= 0.6 is 11.3 Å². The number of fused-ring (bicyclic) bond motifs is 3. The molecule has 1 aliphatic heterocycles. The lowest BCUT2D eigenvalue weighted by Gasteiger charge is -2.27. The highest BCUT2D eigenvalue weighted by Gasteiger charge is 2.62. The quantitative estimate of drug-likeness (QED) is 0.256. The van der Waals surface area contributed by atoms with Crippen molar-refractivity contribution in [2.75, 3.05) is 20.7 Å². The molecule has 2 aromatic heterocycles. The van der Waals surface area contributed by atoms with Crippen molar-refractivity contribution < 1.29 is 27.5 Å². The number of amides is 3. The molecule has 3 fully saturated rings. The minimum atomic E-state index is -3.81. The van der Waals surface area contributed by atoms with Gasteiger partial charge in [-0.2, -0.15) is 0 Å². The molecule has 3 saturated carbocycles. The van der Waals surface area contributed by atoms with Gasteiger partial charge in [0.05, 0.1) is 29.3 Å². The molecule has 13 heteroatoms. The maximum atomic E-state index is 14.4. The molecule has 7 rings (SSSR count). The van der Waals surface area contributed by atoms with Crippen molar-refractivity contribution in [1.29, 1.82) is 0 Å². The molecule has 3 aliphatic carbocycles.